The van der Waals surface area contributed by atoms with E-state index in [-0.39, 0.29) is 17.9 Å². The van der Waals surface area contributed by atoms with Crippen LogP contribution in [-0.4, -0.2) is 117 Å². The molecule has 11 heteroatoms. The number of carbonyl (C=O) groups excluding carboxylic acids is 2. The molecule has 3 fully saturated rings. The zero-order chi connectivity index (χ0) is 29.0. The summed E-state index contributed by atoms with van der Waals surface area (Å²) in [6.07, 6.45) is 3.80. The molecule has 4 aliphatic heterocycles. The van der Waals surface area contributed by atoms with Crippen LogP contribution in [-0.2, 0) is 16.6 Å². The number of aliphatic imine (C=N–C) groups is 1. The van der Waals surface area contributed by atoms with Gasteiger partial charge in [-0.3, -0.25) is 14.4 Å². The summed E-state index contributed by atoms with van der Waals surface area (Å²) in [5, 5.41) is 15.6. The molecule has 1 N–H and O–H groups in total. The Morgan fingerprint density at radius 3 is 2.50 bits per heavy atom. The van der Waals surface area contributed by atoms with E-state index in [4.69, 9.17) is 9.73 Å². The topological polar surface area (TPSA) is 107 Å². The summed E-state index contributed by atoms with van der Waals surface area (Å²) in [7, 11) is 3.38. The molecule has 1 spiro atoms. The number of aromatic nitrogens is 2. The van der Waals surface area contributed by atoms with Crippen LogP contribution in [0.1, 0.15) is 24.8 Å². The van der Waals surface area contributed by atoms with Gasteiger partial charge in [-0.1, -0.05) is 30.3 Å². The van der Waals surface area contributed by atoms with Crippen LogP contribution in [0.15, 0.2) is 53.7 Å². The van der Waals surface area contributed by atoms with Crippen molar-refractivity contribution in [2.24, 2.45) is 18.0 Å². The summed E-state index contributed by atoms with van der Waals surface area (Å²) >= 11 is 0. The van der Waals surface area contributed by atoms with Gasteiger partial charge in [-0.25, -0.2) is 14.7 Å². The number of benzene rings is 2. The molecular weight excluding hydrogens is 534 g/mol. The van der Waals surface area contributed by atoms with Crippen LogP contribution in [0.5, 0.6) is 0 Å². The number of aliphatic hydroxyl groups excluding tert-OH is 1. The molecule has 0 radical (unpaired) electrons. The summed E-state index contributed by atoms with van der Waals surface area (Å²) in [5.74, 6) is 0.782. The first-order chi connectivity index (χ1) is 20.3. The van der Waals surface area contributed by atoms with Crippen molar-refractivity contribution in [3.63, 3.8) is 0 Å². The second-order valence-corrected chi connectivity index (χ2v) is 12.0. The van der Waals surface area contributed by atoms with Crippen LogP contribution in [0.3, 0.4) is 0 Å². The Morgan fingerprint density at radius 2 is 1.76 bits per heavy atom. The number of hydrogen-bond donors (Lipinski definition) is 1. The van der Waals surface area contributed by atoms with E-state index in [0.717, 1.165) is 59.9 Å². The van der Waals surface area contributed by atoms with E-state index in [1.165, 1.54) is 7.11 Å². The number of amides is 3. The summed E-state index contributed by atoms with van der Waals surface area (Å²) in [6, 6.07) is 14.6. The van der Waals surface area contributed by atoms with E-state index in [1.54, 1.807) is 4.90 Å². The van der Waals surface area contributed by atoms with E-state index in [2.05, 4.69) is 35.4 Å². The van der Waals surface area contributed by atoms with E-state index >= 15 is 0 Å². The highest BCUT2D eigenvalue weighted by atomic mass is 16.6. The highest BCUT2D eigenvalue weighted by Crippen LogP contribution is 2.37. The van der Waals surface area contributed by atoms with Gasteiger partial charge in [-0.15, -0.1) is 0 Å². The van der Waals surface area contributed by atoms with Crippen molar-refractivity contribution in [2.45, 2.75) is 31.2 Å². The lowest BCUT2D eigenvalue weighted by Crippen LogP contribution is -2.68. The SMILES string of the molecule is COC(O)N1CC2(C1)N=C(c1ccc(-c3ccc4c(cnn4C)c3)cc1)N(C[C@@H]1CCN(C(=O)N3CCCC3)C1)C2=O. The zero-order valence-corrected chi connectivity index (χ0v) is 24.1. The maximum Gasteiger partial charge on any atom is 0.320 e. The lowest BCUT2D eigenvalue weighted by molar-refractivity contribution is -0.212. The first-order valence-electron chi connectivity index (χ1n) is 14.8. The predicted octanol–water partition coefficient (Wildman–Crippen LogP) is 2.34. The lowest BCUT2D eigenvalue weighted by atomic mass is 9.90. The fourth-order valence-corrected chi connectivity index (χ4v) is 6.86. The fourth-order valence-electron chi connectivity index (χ4n) is 6.86. The van der Waals surface area contributed by atoms with Crippen LogP contribution >= 0.6 is 0 Å². The van der Waals surface area contributed by atoms with E-state index in [0.29, 0.717) is 38.6 Å². The van der Waals surface area contributed by atoms with Crippen LogP contribution in [0.2, 0.25) is 0 Å². The third-order valence-electron chi connectivity index (χ3n) is 9.27. The molecule has 7 rings (SSSR count). The van der Waals surface area contributed by atoms with E-state index < -0.39 is 12.0 Å². The third kappa shape index (κ3) is 4.56. The Labute approximate surface area is 244 Å². The first kappa shape index (κ1) is 27.1. The molecule has 3 saturated heterocycles. The predicted molar refractivity (Wildman–Crippen MR) is 158 cm³/mol. The highest BCUT2D eigenvalue weighted by molar-refractivity contribution is 6.16. The van der Waals surface area contributed by atoms with Crippen molar-refractivity contribution in [3.8, 4) is 11.1 Å². The van der Waals surface area contributed by atoms with E-state index in [9.17, 15) is 14.7 Å². The molecule has 0 bridgehead atoms. The average Bonchev–Trinajstić information content (AvgIpc) is 3.80. The zero-order valence-electron chi connectivity index (χ0n) is 24.1. The quantitative estimate of drug-likeness (QED) is 0.456. The number of likely N-dealkylation sites (tertiary alicyclic amines) is 3. The number of urea groups is 1. The minimum absolute atomic E-state index is 0.0486. The number of nitrogens with zero attached hydrogens (tertiary/aromatic N) is 7. The minimum Gasteiger partial charge on any atom is -0.356 e. The standard InChI is InChI=1S/C31H37N7O4/c1-34-26-10-9-24(15-25(26)16-32-34)22-5-7-23(8-6-22)27-33-31(19-37(20-31)30(41)42-2)28(39)38(27)18-21-11-14-36(17-21)29(40)35-12-3-4-13-35/h5-10,15-16,21,30,41H,3-4,11-14,17-20H2,1-2H3/t21-,30?/m1/s1. The summed E-state index contributed by atoms with van der Waals surface area (Å²) in [6.45, 7) is 4.13. The molecule has 0 aliphatic carbocycles. The smallest absolute Gasteiger partial charge is 0.320 e. The molecule has 1 unspecified atom stereocenters. The number of aliphatic hydroxyl groups is 1. The van der Waals surface area contributed by atoms with E-state index in [1.807, 2.05) is 44.8 Å². The second-order valence-electron chi connectivity index (χ2n) is 12.0. The molecule has 2 atom stereocenters. The summed E-state index contributed by atoms with van der Waals surface area (Å²) < 4.78 is 6.92. The Balaban J connectivity index is 1.13. The van der Waals surface area contributed by atoms with Crippen LogP contribution in [0, 0.1) is 5.92 Å². The molecule has 42 heavy (non-hydrogen) atoms. The van der Waals surface area contributed by atoms with Gasteiger partial charge in [0, 0.05) is 70.9 Å². The van der Waals surface area contributed by atoms with Gasteiger partial charge in [0.05, 0.1) is 11.7 Å². The first-order valence-corrected chi connectivity index (χ1v) is 14.8. The number of methoxy groups -OCH3 is 1. The molecule has 1 aromatic heterocycles. The Bertz CT molecular complexity index is 1540. The largest absolute Gasteiger partial charge is 0.356 e. The van der Waals surface area contributed by atoms with Gasteiger partial charge in [-0.05, 0) is 48.4 Å². The van der Waals surface area contributed by atoms with Crippen molar-refractivity contribution in [3.05, 3.63) is 54.2 Å². The number of carbonyl (C=O) groups is 2. The molecule has 0 saturated carbocycles. The maximum absolute atomic E-state index is 13.9. The number of hydrogen-bond acceptors (Lipinski definition) is 7. The second kappa shape index (κ2) is 10.5. The summed E-state index contributed by atoms with van der Waals surface area (Å²) in [4.78, 5) is 39.4. The molecule has 2 aromatic carbocycles. The van der Waals surface area contributed by atoms with Crippen molar-refractivity contribution in [1.82, 2.24) is 29.4 Å². The van der Waals surface area contributed by atoms with Crippen LogP contribution in [0.4, 0.5) is 4.79 Å². The van der Waals surface area contributed by atoms with Gasteiger partial charge in [-0.2, -0.15) is 5.10 Å². The van der Waals surface area contributed by atoms with Crippen LogP contribution < -0.4 is 0 Å². The third-order valence-corrected chi connectivity index (χ3v) is 9.27. The molecule has 3 aromatic rings. The van der Waals surface area contributed by atoms with Gasteiger partial charge in [0.25, 0.3) is 5.91 Å². The Hall–Kier alpha value is -3.80. The van der Waals surface area contributed by atoms with Gasteiger partial charge in [0.1, 0.15) is 5.84 Å². The van der Waals surface area contributed by atoms with Crippen molar-refractivity contribution in [1.29, 1.82) is 0 Å². The highest BCUT2D eigenvalue weighted by Gasteiger charge is 2.58. The molecule has 220 valence electrons. The van der Waals surface area contributed by atoms with Crippen molar-refractivity contribution < 1.29 is 19.4 Å². The fraction of sp³-hybridized carbons (Fsp3) is 0.484. The number of fused-ring (bicyclic) bond motifs is 1. The lowest BCUT2D eigenvalue weighted by Gasteiger charge is -2.45. The van der Waals surface area contributed by atoms with Crippen molar-refractivity contribution >= 4 is 28.7 Å². The molecule has 3 amide bonds. The average molecular weight is 572 g/mol. The van der Waals surface area contributed by atoms with Crippen LogP contribution in [0.25, 0.3) is 22.0 Å². The number of ether oxygens (including phenoxy) is 1. The minimum atomic E-state index is -1.06. The van der Waals surface area contributed by atoms with Crippen molar-refractivity contribution in [2.75, 3.05) is 52.9 Å². The monoisotopic (exact) mass is 571 g/mol. The molecule has 4 aliphatic rings. The Kier molecular flexibility index (Phi) is 6.75. The normalized spacial score (nSPS) is 22.8. The number of rotatable bonds is 6. The van der Waals surface area contributed by atoms with Gasteiger partial charge >= 0.3 is 6.03 Å². The van der Waals surface area contributed by atoms with Gasteiger partial charge in [0.2, 0.25) is 6.41 Å². The maximum atomic E-state index is 13.9. The number of aryl methyl sites for hydroxylation is 1. The van der Waals surface area contributed by atoms with Gasteiger partial charge < -0.3 is 19.6 Å². The Morgan fingerprint density at radius 1 is 1.05 bits per heavy atom. The molecule has 11 nitrogen and oxygen atoms in total. The summed E-state index contributed by atoms with van der Waals surface area (Å²) in [5.41, 5.74) is 3.19. The molecule has 5 heterocycles. The number of amidine groups is 1. The molecular formula is C31H37N7O4. The van der Waals surface area contributed by atoms with Gasteiger partial charge in [0.15, 0.2) is 5.54 Å².